The van der Waals surface area contributed by atoms with Crippen molar-refractivity contribution in [2.45, 2.75) is 19.8 Å². The van der Waals surface area contributed by atoms with Gasteiger partial charge in [0.15, 0.2) is 0 Å². The SMILES string of the molecule is CC(C)c1ccc(Nc2ccc(NS(C)(=O)=O)cn2)cc1. The molecule has 0 fully saturated rings. The number of nitrogens with one attached hydrogen (secondary N) is 2. The maximum absolute atomic E-state index is 11.1. The predicted molar refractivity (Wildman–Crippen MR) is 86.5 cm³/mol. The number of benzene rings is 1. The largest absolute Gasteiger partial charge is 0.340 e. The second-order valence-electron chi connectivity index (χ2n) is 5.21. The molecule has 0 spiro atoms. The molecule has 1 aromatic heterocycles. The second-order valence-corrected chi connectivity index (χ2v) is 6.96. The van der Waals surface area contributed by atoms with E-state index < -0.39 is 10.0 Å². The normalized spacial score (nSPS) is 11.4. The van der Waals surface area contributed by atoms with Crippen LogP contribution in [0.2, 0.25) is 0 Å². The molecule has 2 rings (SSSR count). The average molecular weight is 305 g/mol. The average Bonchev–Trinajstić information content (AvgIpc) is 2.40. The van der Waals surface area contributed by atoms with Gasteiger partial charge >= 0.3 is 0 Å². The summed E-state index contributed by atoms with van der Waals surface area (Å²) in [7, 11) is -3.27. The Morgan fingerprint density at radius 3 is 2.10 bits per heavy atom. The van der Waals surface area contributed by atoms with E-state index in [0.29, 0.717) is 17.4 Å². The van der Waals surface area contributed by atoms with Gasteiger partial charge in [0.1, 0.15) is 5.82 Å². The van der Waals surface area contributed by atoms with E-state index in [-0.39, 0.29) is 0 Å². The summed E-state index contributed by atoms with van der Waals surface area (Å²) in [5.41, 5.74) is 2.66. The van der Waals surface area contributed by atoms with Gasteiger partial charge < -0.3 is 5.32 Å². The molecule has 0 amide bonds. The molecule has 0 aliphatic rings. The van der Waals surface area contributed by atoms with Gasteiger partial charge in [-0.15, -0.1) is 0 Å². The first-order valence-corrected chi connectivity index (χ1v) is 8.53. The molecule has 0 radical (unpaired) electrons. The van der Waals surface area contributed by atoms with Crippen LogP contribution in [-0.2, 0) is 10.0 Å². The molecule has 21 heavy (non-hydrogen) atoms. The third kappa shape index (κ3) is 4.75. The van der Waals surface area contributed by atoms with Crippen molar-refractivity contribution >= 4 is 27.2 Å². The summed E-state index contributed by atoms with van der Waals surface area (Å²) in [4.78, 5) is 4.18. The van der Waals surface area contributed by atoms with Gasteiger partial charge in [0.05, 0.1) is 18.1 Å². The van der Waals surface area contributed by atoms with E-state index in [9.17, 15) is 8.42 Å². The van der Waals surface area contributed by atoms with Crippen LogP contribution in [0.25, 0.3) is 0 Å². The van der Waals surface area contributed by atoms with Gasteiger partial charge in [0, 0.05) is 5.69 Å². The summed E-state index contributed by atoms with van der Waals surface area (Å²) in [6, 6.07) is 11.5. The minimum atomic E-state index is -3.27. The smallest absolute Gasteiger partial charge is 0.229 e. The van der Waals surface area contributed by atoms with Gasteiger partial charge in [-0.25, -0.2) is 13.4 Å². The Hall–Kier alpha value is -2.08. The number of aromatic nitrogens is 1. The number of rotatable bonds is 5. The van der Waals surface area contributed by atoms with E-state index in [1.165, 1.54) is 11.8 Å². The van der Waals surface area contributed by atoms with Crippen LogP contribution in [0.15, 0.2) is 42.6 Å². The highest BCUT2D eigenvalue weighted by Gasteiger charge is 2.03. The molecule has 0 saturated carbocycles. The van der Waals surface area contributed by atoms with E-state index in [2.05, 4.69) is 41.0 Å². The van der Waals surface area contributed by atoms with Crippen LogP contribution in [-0.4, -0.2) is 19.7 Å². The standard InChI is InChI=1S/C15H19N3O2S/c1-11(2)12-4-6-13(7-5-12)17-15-9-8-14(10-16-15)18-21(3,19)20/h4-11,18H,1-3H3,(H,16,17). The summed E-state index contributed by atoms with van der Waals surface area (Å²) < 4.78 is 24.6. The molecule has 0 unspecified atom stereocenters. The molecule has 0 atom stereocenters. The second kappa shape index (κ2) is 6.13. The van der Waals surface area contributed by atoms with Crippen LogP contribution < -0.4 is 10.0 Å². The molecule has 6 heteroatoms. The fourth-order valence-corrected chi connectivity index (χ4v) is 2.39. The van der Waals surface area contributed by atoms with E-state index in [1.54, 1.807) is 12.1 Å². The molecular weight excluding hydrogens is 286 g/mol. The Labute approximate surface area is 125 Å². The first kappa shape index (κ1) is 15.3. The molecule has 2 N–H and O–H groups in total. The lowest BCUT2D eigenvalue weighted by Gasteiger charge is -2.09. The van der Waals surface area contributed by atoms with Crippen LogP contribution in [0, 0.1) is 0 Å². The summed E-state index contributed by atoms with van der Waals surface area (Å²) in [5.74, 6) is 1.16. The molecular formula is C15H19N3O2S. The Balaban J connectivity index is 2.06. The molecule has 2 aromatic rings. The highest BCUT2D eigenvalue weighted by atomic mass is 32.2. The lowest BCUT2D eigenvalue weighted by Crippen LogP contribution is -2.09. The van der Waals surface area contributed by atoms with Gasteiger partial charge in [-0.2, -0.15) is 0 Å². The zero-order valence-electron chi connectivity index (χ0n) is 12.3. The third-order valence-electron chi connectivity index (χ3n) is 2.92. The maximum Gasteiger partial charge on any atom is 0.229 e. The molecule has 1 heterocycles. The molecule has 1 aromatic carbocycles. The third-order valence-corrected chi connectivity index (χ3v) is 3.52. The molecule has 0 saturated heterocycles. The van der Waals surface area contributed by atoms with Crippen molar-refractivity contribution in [3.8, 4) is 0 Å². The maximum atomic E-state index is 11.1. The molecule has 112 valence electrons. The summed E-state index contributed by atoms with van der Waals surface area (Å²) in [6.07, 6.45) is 2.58. The van der Waals surface area contributed by atoms with E-state index in [4.69, 9.17) is 0 Å². The first-order valence-electron chi connectivity index (χ1n) is 6.64. The highest BCUT2D eigenvalue weighted by molar-refractivity contribution is 7.92. The Morgan fingerprint density at radius 1 is 1.00 bits per heavy atom. The quantitative estimate of drug-likeness (QED) is 0.889. The fraction of sp³-hybridized carbons (Fsp3) is 0.267. The van der Waals surface area contributed by atoms with Crippen LogP contribution >= 0.6 is 0 Å². The lowest BCUT2D eigenvalue weighted by molar-refractivity contribution is 0.607. The summed E-state index contributed by atoms with van der Waals surface area (Å²) >= 11 is 0. The van der Waals surface area contributed by atoms with Crippen LogP contribution in [0.5, 0.6) is 0 Å². The predicted octanol–water partition coefficient (Wildman–Crippen LogP) is 3.32. The number of anilines is 3. The first-order chi connectivity index (χ1) is 9.83. The summed E-state index contributed by atoms with van der Waals surface area (Å²) in [5, 5.41) is 3.17. The van der Waals surface area contributed by atoms with E-state index in [0.717, 1.165) is 11.9 Å². The molecule has 5 nitrogen and oxygen atoms in total. The molecule has 0 bridgehead atoms. The van der Waals surface area contributed by atoms with E-state index in [1.807, 2.05) is 12.1 Å². The number of hydrogen-bond donors (Lipinski definition) is 2. The van der Waals surface area contributed by atoms with Crippen molar-refractivity contribution in [3.63, 3.8) is 0 Å². The van der Waals surface area contributed by atoms with Gasteiger partial charge in [0.2, 0.25) is 10.0 Å². The van der Waals surface area contributed by atoms with Crippen molar-refractivity contribution in [2.75, 3.05) is 16.3 Å². The van der Waals surface area contributed by atoms with Gasteiger partial charge in [0.25, 0.3) is 0 Å². The number of sulfonamides is 1. The fourth-order valence-electron chi connectivity index (χ4n) is 1.84. The van der Waals surface area contributed by atoms with Crippen LogP contribution in [0.1, 0.15) is 25.3 Å². The number of hydrogen-bond acceptors (Lipinski definition) is 4. The summed E-state index contributed by atoms with van der Waals surface area (Å²) in [6.45, 7) is 4.30. The zero-order valence-corrected chi connectivity index (χ0v) is 13.1. The van der Waals surface area contributed by atoms with Gasteiger partial charge in [-0.1, -0.05) is 26.0 Å². The van der Waals surface area contributed by atoms with E-state index >= 15 is 0 Å². The Kier molecular flexibility index (Phi) is 4.47. The highest BCUT2D eigenvalue weighted by Crippen LogP contribution is 2.20. The minimum absolute atomic E-state index is 0.443. The Bertz CT molecular complexity index is 693. The van der Waals surface area contributed by atoms with Gasteiger partial charge in [-0.05, 0) is 35.7 Å². The minimum Gasteiger partial charge on any atom is -0.340 e. The van der Waals surface area contributed by atoms with Crippen molar-refractivity contribution in [3.05, 3.63) is 48.2 Å². The van der Waals surface area contributed by atoms with Crippen molar-refractivity contribution in [1.29, 1.82) is 0 Å². The lowest BCUT2D eigenvalue weighted by atomic mass is 10.0. The number of nitrogens with zero attached hydrogens (tertiary/aromatic N) is 1. The van der Waals surface area contributed by atoms with Crippen molar-refractivity contribution in [1.82, 2.24) is 4.98 Å². The van der Waals surface area contributed by atoms with Gasteiger partial charge in [-0.3, -0.25) is 4.72 Å². The van der Waals surface area contributed by atoms with Crippen LogP contribution in [0.3, 0.4) is 0 Å². The zero-order chi connectivity index (χ0) is 15.5. The molecule has 0 aliphatic carbocycles. The topological polar surface area (TPSA) is 71.1 Å². The van der Waals surface area contributed by atoms with Crippen molar-refractivity contribution < 1.29 is 8.42 Å². The van der Waals surface area contributed by atoms with Crippen LogP contribution in [0.4, 0.5) is 17.2 Å². The Morgan fingerprint density at radius 2 is 1.62 bits per heavy atom. The van der Waals surface area contributed by atoms with Crippen molar-refractivity contribution in [2.24, 2.45) is 0 Å². The monoisotopic (exact) mass is 305 g/mol. The number of pyridine rings is 1. The molecule has 0 aliphatic heterocycles.